The Bertz CT molecular complexity index is 726. The number of nitrogens with zero attached hydrogens (tertiary/aromatic N) is 3. The normalized spacial score (nSPS) is 16.6. The molecule has 2 heterocycles. The highest BCUT2D eigenvalue weighted by atomic mass is 16.4. The maximum Gasteiger partial charge on any atom is 0.335 e. The Kier molecular flexibility index (Phi) is 2.37. The predicted octanol–water partition coefficient (Wildman–Crippen LogP) is 0.731. The topological polar surface area (TPSA) is 74.9 Å². The van der Waals surface area contributed by atoms with Gasteiger partial charge in [0.15, 0.2) is 6.17 Å². The molecule has 0 spiro atoms. The minimum absolute atomic E-state index is 0.225. The van der Waals surface area contributed by atoms with Gasteiger partial charge in [0.25, 0.3) is 0 Å². The van der Waals surface area contributed by atoms with Gasteiger partial charge in [-0.1, -0.05) is 0 Å². The van der Waals surface area contributed by atoms with Gasteiger partial charge in [-0.15, -0.1) is 0 Å². The predicted molar refractivity (Wildman–Crippen MR) is 62.7 cm³/mol. The van der Waals surface area contributed by atoms with Gasteiger partial charge in [0, 0.05) is 18.0 Å². The molecule has 0 aliphatic carbocycles. The van der Waals surface area contributed by atoms with Gasteiger partial charge in [0.1, 0.15) is 0 Å². The summed E-state index contributed by atoms with van der Waals surface area (Å²) in [5.41, 5.74) is 1.17. The monoisotopic (exact) mass is 239 g/mol. The number of rotatable bonds is 2. The lowest BCUT2D eigenvalue weighted by molar-refractivity contribution is 0.0696. The summed E-state index contributed by atoms with van der Waals surface area (Å²) in [5, 5.41) is 10.3. The van der Waals surface area contributed by atoms with E-state index in [1.807, 2.05) is 12.1 Å². The van der Waals surface area contributed by atoms with E-state index in [1.54, 1.807) is 24.5 Å². The van der Waals surface area contributed by atoms with Crippen LogP contribution in [-0.2, 0) is 0 Å². The van der Waals surface area contributed by atoms with Crippen molar-refractivity contribution in [1.82, 2.24) is 4.98 Å². The van der Waals surface area contributed by atoms with Gasteiger partial charge in [0.05, 0.1) is 16.3 Å². The molecule has 0 unspecified atom stereocenters. The number of carboxylic acids is 1. The maximum atomic E-state index is 10.9. The molecule has 1 aliphatic heterocycles. The third kappa shape index (κ3) is 1.75. The first kappa shape index (κ1) is 10.6. The highest BCUT2D eigenvalue weighted by Gasteiger charge is 2.13. The smallest absolute Gasteiger partial charge is 0.335 e. The van der Waals surface area contributed by atoms with Crippen molar-refractivity contribution in [2.24, 2.45) is 9.98 Å². The van der Waals surface area contributed by atoms with Crippen LogP contribution in [0.1, 0.15) is 22.1 Å². The molecular weight excluding hydrogens is 230 g/mol. The molecule has 1 aromatic heterocycles. The largest absolute Gasteiger partial charge is 0.478 e. The van der Waals surface area contributed by atoms with Crippen LogP contribution in [0.15, 0.2) is 52.7 Å². The highest BCUT2D eigenvalue weighted by molar-refractivity contribution is 5.87. The number of carbonyl (C=O) groups is 1. The molecule has 0 saturated heterocycles. The van der Waals surface area contributed by atoms with Crippen LogP contribution < -0.4 is 10.7 Å². The van der Waals surface area contributed by atoms with Gasteiger partial charge in [-0.25, -0.2) is 4.79 Å². The molecular formula is C13H9N3O2. The minimum atomic E-state index is -0.958. The van der Waals surface area contributed by atoms with Crippen LogP contribution in [0.3, 0.4) is 0 Å². The van der Waals surface area contributed by atoms with Crippen molar-refractivity contribution in [2.75, 3.05) is 0 Å². The van der Waals surface area contributed by atoms with Crippen LogP contribution in [0.4, 0.5) is 0 Å². The molecule has 88 valence electrons. The number of aromatic carboxylic acids is 1. The van der Waals surface area contributed by atoms with Crippen molar-refractivity contribution < 1.29 is 9.90 Å². The molecule has 5 nitrogen and oxygen atoms in total. The molecule has 3 rings (SSSR count). The third-order valence-electron chi connectivity index (χ3n) is 2.75. The summed E-state index contributed by atoms with van der Waals surface area (Å²) in [5.74, 6) is -0.958. The molecule has 5 heteroatoms. The Morgan fingerprint density at radius 2 is 1.78 bits per heavy atom. The van der Waals surface area contributed by atoms with Gasteiger partial charge >= 0.3 is 5.97 Å². The van der Waals surface area contributed by atoms with Crippen molar-refractivity contribution in [2.45, 2.75) is 6.17 Å². The van der Waals surface area contributed by atoms with E-state index >= 15 is 0 Å². The van der Waals surface area contributed by atoms with Crippen molar-refractivity contribution >= 4 is 5.97 Å². The van der Waals surface area contributed by atoms with Gasteiger partial charge in [-0.3, -0.25) is 15.0 Å². The van der Waals surface area contributed by atoms with Crippen LogP contribution in [0, 0.1) is 0 Å². The average molecular weight is 239 g/mol. The lowest BCUT2D eigenvalue weighted by atomic mass is 10.2. The molecule has 1 atom stereocenters. The summed E-state index contributed by atoms with van der Waals surface area (Å²) >= 11 is 0. The van der Waals surface area contributed by atoms with E-state index in [4.69, 9.17) is 5.11 Å². The second-order valence-corrected chi connectivity index (χ2v) is 3.92. The van der Waals surface area contributed by atoms with Crippen LogP contribution in [0.5, 0.6) is 0 Å². The third-order valence-corrected chi connectivity index (χ3v) is 2.75. The van der Waals surface area contributed by atoms with E-state index in [1.165, 1.54) is 6.07 Å². The molecule has 0 fully saturated rings. The second kappa shape index (κ2) is 4.03. The molecule has 0 amide bonds. The number of pyridine rings is 1. The number of carboxylic acid groups (broad SMARTS) is 1. The van der Waals surface area contributed by atoms with Crippen LogP contribution >= 0.6 is 0 Å². The van der Waals surface area contributed by atoms with Crippen molar-refractivity contribution in [3.8, 4) is 0 Å². The van der Waals surface area contributed by atoms with Crippen LogP contribution in [0.2, 0.25) is 0 Å². The molecule has 0 saturated carbocycles. The maximum absolute atomic E-state index is 10.9. The zero-order chi connectivity index (χ0) is 12.5. The SMILES string of the molecule is O=C(O)c1ccc2c(c1)=N[C@H](c1ccncc1)N=2. The summed E-state index contributed by atoms with van der Waals surface area (Å²) < 4.78 is 0. The average Bonchev–Trinajstić information content (AvgIpc) is 2.82. The van der Waals surface area contributed by atoms with Gasteiger partial charge in [0.2, 0.25) is 0 Å². The summed E-state index contributed by atoms with van der Waals surface area (Å²) in [6.07, 6.45) is 3.07. The van der Waals surface area contributed by atoms with Gasteiger partial charge < -0.3 is 5.11 Å². The zero-order valence-corrected chi connectivity index (χ0v) is 9.32. The molecule has 1 N–H and O–H groups in total. The second-order valence-electron chi connectivity index (χ2n) is 3.92. The Balaban J connectivity index is 2.08. The van der Waals surface area contributed by atoms with E-state index in [-0.39, 0.29) is 11.7 Å². The molecule has 18 heavy (non-hydrogen) atoms. The number of fused-ring (bicyclic) bond motifs is 1. The summed E-state index contributed by atoms with van der Waals surface area (Å²) in [4.78, 5) is 23.7. The number of benzene rings is 1. The number of hydrogen-bond donors (Lipinski definition) is 1. The number of hydrogen-bond acceptors (Lipinski definition) is 4. The van der Waals surface area contributed by atoms with Gasteiger partial charge in [-0.2, -0.15) is 0 Å². The lowest BCUT2D eigenvalue weighted by Crippen LogP contribution is -2.22. The fourth-order valence-electron chi connectivity index (χ4n) is 1.85. The Morgan fingerprint density at radius 1 is 1.06 bits per heavy atom. The van der Waals surface area contributed by atoms with E-state index < -0.39 is 5.97 Å². The Morgan fingerprint density at radius 3 is 2.50 bits per heavy atom. The van der Waals surface area contributed by atoms with Crippen molar-refractivity contribution in [3.05, 3.63) is 64.6 Å². The lowest BCUT2D eigenvalue weighted by Gasteiger charge is -2.02. The first-order valence-corrected chi connectivity index (χ1v) is 5.43. The number of aromatic nitrogens is 1. The summed E-state index contributed by atoms with van der Waals surface area (Å²) in [6.45, 7) is 0. The van der Waals surface area contributed by atoms with Gasteiger partial charge in [-0.05, 0) is 30.3 Å². The molecule has 1 aliphatic rings. The van der Waals surface area contributed by atoms with Crippen molar-refractivity contribution in [1.29, 1.82) is 0 Å². The molecule has 1 aromatic carbocycles. The van der Waals surface area contributed by atoms with Crippen LogP contribution in [0.25, 0.3) is 0 Å². The summed E-state index contributed by atoms with van der Waals surface area (Å²) in [6, 6.07) is 8.46. The van der Waals surface area contributed by atoms with Crippen molar-refractivity contribution in [3.63, 3.8) is 0 Å². The minimum Gasteiger partial charge on any atom is -0.478 e. The van der Waals surface area contributed by atoms with E-state index in [9.17, 15) is 4.79 Å². The Labute approximate surface area is 102 Å². The van der Waals surface area contributed by atoms with E-state index in [0.717, 1.165) is 10.9 Å². The molecule has 0 radical (unpaired) electrons. The zero-order valence-electron chi connectivity index (χ0n) is 9.32. The van der Waals surface area contributed by atoms with E-state index in [2.05, 4.69) is 15.0 Å². The highest BCUT2D eigenvalue weighted by Crippen LogP contribution is 2.17. The fourth-order valence-corrected chi connectivity index (χ4v) is 1.85. The molecule has 2 aromatic rings. The summed E-state index contributed by atoms with van der Waals surface area (Å²) in [7, 11) is 0. The quantitative estimate of drug-likeness (QED) is 0.839. The molecule has 0 bridgehead atoms. The Hall–Kier alpha value is -2.56. The van der Waals surface area contributed by atoms with E-state index in [0.29, 0.717) is 5.36 Å². The first-order valence-electron chi connectivity index (χ1n) is 5.43. The standard InChI is InChI=1S/C13H9N3O2/c17-13(18)9-1-2-10-11(7-9)16-12(15-10)8-3-5-14-6-4-8/h1-7,12H,(H,17,18)/t12-/m1/s1. The first-order chi connectivity index (χ1) is 8.74. The van der Waals surface area contributed by atoms with Crippen LogP contribution in [-0.4, -0.2) is 16.1 Å². The fraction of sp³-hybridized carbons (Fsp3) is 0.0769.